The van der Waals surface area contributed by atoms with Gasteiger partial charge in [0.2, 0.25) is 5.91 Å². The lowest BCUT2D eigenvalue weighted by Crippen LogP contribution is -2.44. The van der Waals surface area contributed by atoms with E-state index in [2.05, 4.69) is 15.3 Å². The van der Waals surface area contributed by atoms with Crippen molar-refractivity contribution in [3.05, 3.63) is 39.2 Å². The summed E-state index contributed by atoms with van der Waals surface area (Å²) in [6.45, 7) is 2.36. The standard InChI is InChI=1S/C29H39N7O3/c37-24-13-7-17-34(24)18-8-16-30-23-15-14-20(19-31-23)26-32-25-27(33-26)35(21-9-3-1-4-10-21)29(39)36(28(25)38)22-11-5-2-6-12-22/h14-15,19,21-22H,1-13,16-18H2,(H,30,31)(H,32,33). The van der Waals surface area contributed by atoms with Gasteiger partial charge < -0.3 is 15.2 Å². The van der Waals surface area contributed by atoms with Crippen molar-refractivity contribution in [1.29, 1.82) is 0 Å². The fourth-order valence-electron chi connectivity index (χ4n) is 6.63. The summed E-state index contributed by atoms with van der Waals surface area (Å²) in [7, 11) is 0. The molecule has 1 amide bonds. The van der Waals surface area contributed by atoms with Crippen LogP contribution < -0.4 is 16.6 Å². The molecule has 6 rings (SSSR count). The van der Waals surface area contributed by atoms with Crippen LogP contribution in [0.3, 0.4) is 0 Å². The first-order valence-electron chi connectivity index (χ1n) is 14.8. The summed E-state index contributed by atoms with van der Waals surface area (Å²) < 4.78 is 3.35. The summed E-state index contributed by atoms with van der Waals surface area (Å²) in [6.07, 6.45) is 14.5. The van der Waals surface area contributed by atoms with Crippen LogP contribution in [-0.2, 0) is 4.79 Å². The fraction of sp³-hybridized carbons (Fsp3) is 0.621. The monoisotopic (exact) mass is 533 g/mol. The lowest BCUT2D eigenvalue weighted by atomic mass is 9.94. The smallest absolute Gasteiger partial charge is 0.333 e. The van der Waals surface area contributed by atoms with Crippen molar-refractivity contribution in [3.8, 4) is 11.4 Å². The number of carbonyl (C=O) groups excluding carboxylic acids is 1. The zero-order valence-electron chi connectivity index (χ0n) is 22.7. The maximum absolute atomic E-state index is 13.8. The molecule has 2 N–H and O–H groups in total. The highest BCUT2D eigenvalue weighted by Gasteiger charge is 2.28. The van der Waals surface area contributed by atoms with Crippen LogP contribution in [0.15, 0.2) is 27.9 Å². The van der Waals surface area contributed by atoms with Gasteiger partial charge in [-0.3, -0.25) is 18.7 Å². The molecule has 0 unspecified atom stereocenters. The van der Waals surface area contributed by atoms with Gasteiger partial charge in [-0.1, -0.05) is 38.5 Å². The number of aromatic nitrogens is 5. The van der Waals surface area contributed by atoms with Crippen molar-refractivity contribution in [1.82, 2.24) is 29.0 Å². The number of imidazole rings is 1. The van der Waals surface area contributed by atoms with Gasteiger partial charge in [0.1, 0.15) is 17.2 Å². The minimum atomic E-state index is -0.254. The van der Waals surface area contributed by atoms with E-state index in [-0.39, 0.29) is 29.2 Å². The molecular formula is C29H39N7O3. The van der Waals surface area contributed by atoms with Crippen molar-refractivity contribution in [2.75, 3.05) is 25.0 Å². The Kier molecular flexibility index (Phi) is 7.52. The number of amides is 1. The van der Waals surface area contributed by atoms with Crippen molar-refractivity contribution in [3.63, 3.8) is 0 Å². The second-order valence-corrected chi connectivity index (χ2v) is 11.4. The van der Waals surface area contributed by atoms with E-state index in [4.69, 9.17) is 4.98 Å². The highest BCUT2D eigenvalue weighted by Crippen LogP contribution is 2.31. The summed E-state index contributed by atoms with van der Waals surface area (Å²) in [6, 6.07) is 3.86. The van der Waals surface area contributed by atoms with Crippen molar-refractivity contribution in [2.24, 2.45) is 0 Å². The van der Waals surface area contributed by atoms with Crippen LogP contribution in [0.25, 0.3) is 22.6 Å². The number of hydrogen-bond donors (Lipinski definition) is 2. The average Bonchev–Trinajstić information content (AvgIpc) is 3.59. The third-order valence-electron chi connectivity index (χ3n) is 8.76. The fourth-order valence-corrected chi connectivity index (χ4v) is 6.63. The molecule has 2 saturated carbocycles. The lowest BCUT2D eigenvalue weighted by Gasteiger charge is -2.28. The van der Waals surface area contributed by atoms with Crippen LogP contribution in [0.5, 0.6) is 0 Å². The molecule has 2 aliphatic carbocycles. The first-order valence-corrected chi connectivity index (χ1v) is 14.8. The van der Waals surface area contributed by atoms with Gasteiger partial charge in [-0.2, -0.15) is 0 Å². The van der Waals surface area contributed by atoms with Gasteiger partial charge in [0.25, 0.3) is 5.56 Å². The van der Waals surface area contributed by atoms with Crippen LogP contribution in [0.2, 0.25) is 0 Å². The molecule has 208 valence electrons. The maximum Gasteiger partial charge on any atom is 0.333 e. The zero-order chi connectivity index (χ0) is 26.8. The van der Waals surface area contributed by atoms with E-state index in [9.17, 15) is 14.4 Å². The molecule has 0 bridgehead atoms. The van der Waals surface area contributed by atoms with Crippen LogP contribution in [-0.4, -0.2) is 54.5 Å². The largest absolute Gasteiger partial charge is 0.370 e. The highest BCUT2D eigenvalue weighted by molar-refractivity contribution is 5.78. The summed E-state index contributed by atoms with van der Waals surface area (Å²) in [5.74, 6) is 1.56. The molecule has 39 heavy (non-hydrogen) atoms. The van der Waals surface area contributed by atoms with Crippen LogP contribution >= 0.6 is 0 Å². The first kappa shape index (κ1) is 25.8. The quantitative estimate of drug-likeness (QED) is 0.415. The number of nitrogens with zero attached hydrogens (tertiary/aromatic N) is 5. The topological polar surface area (TPSA) is 118 Å². The molecule has 3 aromatic heterocycles. The summed E-state index contributed by atoms with van der Waals surface area (Å²) in [4.78, 5) is 53.9. The van der Waals surface area contributed by atoms with Gasteiger partial charge in [0.15, 0.2) is 5.65 Å². The number of likely N-dealkylation sites (tertiary alicyclic amines) is 1. The van der Waals surface area contributed by atoms with Gasteiger partial charge >= 0.3 is 5.69 Å². The van der Waals surface area contributed by atoms with Gasteiger partial charge in [0, 0.05) is 49.9 Å². The van der Waals surface area contributed by atoms with Gasteiger partial charge in [-0.05, 0) is 50.7 Å². The first-order chi connectivity index (χ1) is 19.1. The van der Waals surface area contributed by atoms with E-state index in [1.807, 2.05) is 21.6 Å². The number of anilines is 1. The number of H-pyrrole nitrogens is 1. The second kappa shape index (κ2) is 11.4. The van der Waals surface area contributed by atoms with Crippen molar-refractivity contribution >= 4 is 22.9 Å². The van der Waals surface area contributed by atoms with E-state index < -0.39 is 0 Å². The van der Waals surface area contributed by atoms with E-state index in [1.165, 1.54) is 11.0 Å². The number of aromatic amines is 1. The second-order valence-electron chi connectivity index (χ2n) is 11.4. The van der Waals surface area contributed by atoms with Crippen molar-refractivity contribution in [2.45, 2.75) is 95.6 Å². The Morgan fingerprint density at radius 1 is 0.897 bits per heavy atom. The molecule has 3 aromatic rings. The SMILES string of the molecule is O=C1CCCN1CCCNc1ccc(-c2nc3c([nH]2)c(=O)n(C2CCCCC2)c(=O)n3C2CCCCC2)cn1. The number of carbonyl (C=O) groups is 1. The number of hydrogen-bond acceptors (Lipinski definition) is 6. The third kappa shape index (κ3) is 5.25. The predicted octanol–water partition coefficient (Wildman–Crippen LogP) is 4.38. The van der Waals surface area contributed by atoms with E-state index >= 15 is 0 Å². The zero-order valence-corrected chi connectivity index (χ0v) is 22.7. The molecule has 4 heterocycles. The Labute approximate surface area is 227 Å². The molecule has 1 saturated heterocycles. The highest BCUT2D eigenvalue weighted by atomic mass is 16.2. The Morgan fingerprint density at radius 3 is 2.26 bits per heavy atom. The van der Waals surface area contributed by atoms with Crippen LogP contribution in [0, 0.1) is 0 Å². The van der Waals surface area contributed by atoms with Crippen LogP contribution in [0.4, 0.5) is 5.82 Å². The molecule has 10 nitrogen and oxygen atoms in total. The number of nitrogens with one attached hydrogen (secondary N) is 2. The van der Waals surface area contributed by atoms with Gasteiger partial charge in [-0.15, -0.1) is 0 Å². The normalized spacial score (nSPS) is 19.3. The average molecular weight is 534 g/mol. The Bertz CT molecular complexity index is 1430. The molecule has 3 fully saturated rings. The molecule has 0 radical (unpaired) electrons. The molecule has 0 atom stereocenters. The molecule has 10 heteroatoms. The summed E-state index contributed by atoms with van der Waals surface area (Å²) in [5, 5.41) is 3.32. The van der Waals surface area contributed by atoms with E-state index in [0.29, 0.717) is 23.4 Å². The number of rotatable bonds is 8. The number of pyridine rings is 1. The van der Waals surface area contributed by atoms with Crippen LogP contribution in [0.1, 0.15) is 95.6 Å². The summed E-state index contributed by atoms with van der Waals surface area (Å²) in [5.41, 5.74) is 1.20. The Morgan fingerprint density at radius 2 is 1.62 bits per heavy atom. The molecule has 3 aliphatic rings. The number of fused-ring (bicyclic) bond motifs is 1. The molecular weight excluding hydrogens is 494 g/mol. The maximum atomic E-state index is 13.8. The minimum Gasteiger partial charge on any atom is -0.370 e. The van der Waals surface area contributed by atoms with Gasteiger partial charge in [-0.25, -0.2) is 14.8 Å². The lowest BCUT2D eigenvalue weighted by molar-refractivity contribution is -0.127. The predicted molar refractivity (Wildman–Crippen MR) is 151 cm³/mol. The molecule has 0 aromatic carbocycles. The van der Waals surface area contributed by atoms with Gasteiger partial charge in [0.05, 0.1) is 0 Å². The Hall–Kier alpha value is -3.43. The Balaban J connectivity index is 1.26. The van der Waals surface area contributed by atoms with Crippen molar-refractivity contribution < 1.29 is 4.79 Å². The molecule has 0 spiro atoms. The van der Waals surface area contributed by atoms with E-state index in [1.54, 1.807) is 6.20 Å². The third-order valence-corrected chi connectivity index (χ3v) is 8.76. The molecule has 1 aliphatic heterocycles. The minimum absolute atomic E-state index is 0.0413. The summed E-state index contributed by atoms with van der Waals surface area (Å²) >= 11 is 0. The van der Waals surface area contributed by atoms with E-state index in [0.717, 1.165) is 102 Å².